The molecule has 0 radical (unpaired) electrons. The third-order valence-electron chi connectivity index (χ3n) is 15.0. The zero-order valence-corrected chi connectivity index (χ0v) is 46.4. The fourth-order valence-electron chi connectivity index (χ4n) is 10.2. The van der Waals surface area contributed by atoms with Gasteiger partial charge in [-0.1, -0.05) is 36.4 Å². The Morgan fingerprint density at radius 3 is 1.58 bits per heavy atom. The van der Waals surface area contributed by atoms with E-state index in [1.165, 1.54) is 86.0 Å². The number of hydrogen-bond acceptors (Lipinski definition) is 32. The van der Waals surface area contributed by atoms with E-state index in [0.29, 0.717) is 5.56 Å². The van der Waals surface area contributed by atoms with Gasteiger partial charge in [-0.3, -0.25) is 0 Å². The number of hydrogen-bond donors (Lipinski definition) is 16. The third-order valence-corrected chi connectivity index (χ3v) is 15.0. The molecular weight excluding hydrogens is 1180 g/mol. The van der Waals surface area contributed by atoms with Gasteiger partial charge in [0, 0.05) is 12.2 Å². The van der Waals surface area contributed by atoms with E-state index < -0.39 is 204 Å². The summed E-state index contributed by atoms with van der Waals surface area (Å²) in [5.41, 5.74) is 0.485. The van der Waals surface area contributed by atoms with Crippen LogP contribution >= 0.6 is 0 Å². The molecule has 3 aromatic carbocycles. The average molecular weight is 1260 g/mol. The van der Waals surface area contributed by atoms with E-state index in [9.17, 15) is 96.1 Å². The van der Waals surface area contributed by atoms with Crippen LogP contribution in [0, 0.1) is 0 Å². The number of phenolic OH excluding ortho intramolecular Hbond substituents is 2. The number of phenols is 2. The summed E-state index contributed by atoms with van der Waals surface area (Å²) in [7, 11) is 1.26. The van der Waals surface area contributed by atoms with Gasteiger partial charge in [0.2, 0.25) is 5.79 Å². The molecule has 0 aliphatic carbocycles. The second-order valence-corrected chi connectivity index (χ2v) is 20.8. The van der Waals surface area contributed by atoms with E-state index in [0.717, 1.165) is 12.2 Å². The van der Waals surface area contributed by atoms with Crippen LogP contribution in [0.25, 0.3) is 12.2 Å². The lowest BCUT2D eigenvalue weighted by Crippen LogP contribution is -2.69. The highest BCUT2D eigenvalue weighted by Gasteiger charge is 2.64. The molecular formula is C56H70O32. The molecule has 3 aromatic rings. The summed E-state index contributed by atoms with van der Waals surface area (Å²) in [6.07, 6.45) is -44.2. The van der Waals surface area contributed by atoms with Crippen LogP contribution in [0.1, 0.15) is 21.5 Å². The van der Waals surface area contributed by atoms with Crippen molar-refractivity contribution in [2.45, 2.75) is 147 Å². The molecule has 32 heteroatoms. The van der Waals surface area contributed by atoms with Gasteiger partial charge in [-0.15, -0.1) is 0 Å². The van der Waals surface area contributed by atoms with Crippen LogP contribution < -0.4 is 4.74 Å². The predicted molar refractivity (Wildman–Crippen MR) is 285 cm³/mol. The van der Waals surface area contributed by atoms with Gasteiger partial charge >= 0.3 is 17.9 Å². The number of aliphatic hydroxyl groups excluding tert-OH is 14. The Bertz CT molecular complexity index is 2800. The van der Waals surface area contributed by atoms with Crippen molar-refractivity contribution in [3.8, 4) is 17.2 Å². The van der Waals surface area contributed by atoms with E-state index in [1.807, 2.05) is 0 Å². The Morgan fingerprint density at radius 2 is 1.00 bits per heavy atom. The maximum atomic E-state index is 14.1. The van der Waals surface area contributed by atoms with Gasteiger partial charge in [-0.05, 0) is 59.7 Å². The van der Waals surface area contributed by atoms with Crippen molar-refractivity contribution in [3.05, 3.63) is 102 Å². The molecule has 0 amide bonds. The van der Waals surface area contributed by atoms with Crippen LogP contribution in [0.5, 0.6) is 17.2 Å². The summed E-state index contributed by atoms with van der Waals surface area (Å²) in [6.45, 7) is -6.65. The zero-order chi connectivity index (χ0) is 63.7. The van der Waals surface area contributed by atoms with Crippen LogP contribution in [0.15, 0.2) is 84.9 Å². The van der Waals surface area contributed by atoms with E-state index in [1.54, 1.807) is 6.07 Å². The molecule has 5 fully saturated rings. The molecule has 0 saturated carbocycles. The Morgan fingerprint density at radius 1 is 0.500 bits per heavy atom. The Labute approximate surface area is 499 Å². The minimum atomic E-state index is -2.95. The predicted octanol–water partition coefficient (Wildman–Crippen LogP) is -6.11. The third kappa shape index (κ3) is 15.3. The first-order chi connectivity index (χ1) is 42.1. The number of rotatable bonds is 23. The zero-order valence-electron chi connectivity index (χ0n) is 46.4. The smallest absolute Gasteiger partial charge is 0.338 e. The van der Waals surface area contributed by atoms with Crippen LogP contribution in [0.3, 0.4) is 0 Å². The quantitative estimate of drug-likeness (QED) is 0.0239. The molecule has 16 N–H and O–H groups in total. The van der Waals surface area contributed by atoms with Crippen LogP contribution in [0.4, 0.5) is 0 Å². The monoisotopic (exact) mass is 1250 g/mol. The number of carbonyl (C=O) groups excluding carboxylic acids is 3. The average Bonchev–Trinajstić information content (AvgIpc) is 1.46. The number of benzene rings is 3. The normalized spacial score (nSPS) is 37.8. The van der Waals surface area contributed by atoms with E-state index in [4.69, 9.17) is 61.6 Å². The molecule has 32 nitrogen and oxygen atoms in total. The molecule has 5 aliphatic heterocycles. The molecule has 0 bridgehead atoms. The molecule has 486 valence electrons. The highest BCUT2D eigenvalue weighted by Crippen LogP contribution is 2.43. The Kier molecular flexibility index (Phi) is 23.3. The van der Waals surface area contributed by atoms with E-state index in [-0.39, 0.29) is 28.4 Å². The van der Waals surface area contributed by atoms with Gasteiger partial charge in [0.05, 0.1) is 45.7 Å². The number of ether oxygens (including phenoxy) is 13. The molecule has 5 aliphatic rings. The number of carbonyl (C=O) groups is 3. The van der Waals surface area contributed by atoms with Crippen LogP contribution in [-0.2, 0) is 66.4 Å². The first-order valence-electron chi connectivity index (χ1n) is 27.4. The van der Waals surface area contributed by atoms with Gasteiger partial charge < -0.3 is 143 Å². The number of aliphatic hydroxyl groups is 14. The van der Waals surface area contributed by atoms with Crippen molar-refractivity contribution in [3.63, 3.8) is 0 Å². The summed E-state index contributed by atoms with van der Waals surface area (Å²) in [4.78, 5) is 41.7. The van der Waals surface area contributed by atoms with Gasteiger partial charge in [0.15, 0.2) is 48.9 Å². The molecule has 88 heavy (non-hydrogen) atoms. The molecule has 0 aromatic heterocycles. The minimum absolute atomic E-state index is 0.0151. The lowest BCUT2D eigenvalue weighted by molar-refractivity contribution is -0.423. The number of esters is 3. The summed E-state index contributed by atoms with van der Waals surface area (Å²) >= 11 is 0. The van der Waals surface area contributed by atoms with Gasteiger partial charge in [-0.2, -0.15) is 0 Å². The SMILES string of the molecule is COc1cc(/C=C/C(=O)O[C@H]2[C@H](O[C@H]3O[C@H](CO)[C@@H](O[C@@H]4O[C@H](CO)[C@@H](O)[C@H](O)[C@H]4O)[C@H](O)[C@H]3O)[C@@H](O[C@@H]3O[C@H](CO)[C@@H](O)[C@H](O)[C@H]3O)[C@@H](O[C@]3(COC(=O)/C=C/c4ccc(O)cc4)O[C@H](CO)[C@@H](O)[C@H]3OC(=O)c3ccccc3)O[C@@H]2CO)ccc1O. The second-order valence-electron chi connectivity index (χ2n) is 20.8. The van der Waals surface area contributed by atoms with E-state index in [2.05, 4.69) is 0 Å². The van der Waals surface area contributed by atoms with Crippen molar-refractivity contribution in [1.82, 2.24) is 0 Å². The molecule has 24 atom stereocenters. The highest BCUT2D eigenvalue weighted by molar-refractivity contribution is 5.90. The summed E-state index contributed by atoms with van der Waals surface area (Å²) in [6, 6.07) is 16.5. The molecule has 0 unspecified atom stereocenters. The number of aromatic hydroxyl groups is 2. The molecule has 5 heterocycles. The molecule has 8 rings (SSSR count). The van der Waals surface area contributed by atoms with Gasteiger partial charge in [0.1, 0.15) is 116 Å². The van der Waals surface area contributed by atoms with Crippen molar-refractivity contribution in [2.24, 2.45) is 0 Å². The van der Waals surface area contributed by atoms with Gasteiger partial charge in [-0.25, -0.2) is 14.4 Å². The maximum Gasteiger partial charge on any atom is 0.338 e. The molecule has 5 saturated heterocycles. The topological polar surface area (TPSA) is 495 Å². The highest BCUT2D eigenvalue weighted by atomic mass is 16.8. The van der Waals surface area contributed by atoms with Crippen molar-refractivity contribution < 1.29 is 158 Å². The lowest BCUT2D eigenvalue weighted by Gasteiger charge is -2.51. The second kappa shape index (κ2) is 30.2. The maximum absolute atomic E-state index is 14.1. The van der Waals surface area contributed by atoms with E-state index >= 15 is 0 Å². The standard InChI is InChI=1S/C56H70O32/c1-76-29-17-25(9-14-28(29)63)11-16-36(65)82-47-34(22-61)81-55(88-56(23-77-35(64)15-10-24-7-12-27(62)13-8-24)50(39(68)32(20-59)87-56)86-51(75)26-5-3-2-4-6-26)49(85-53-44(73)41(70)38(67)31(19-58)79-53)48(47)84-54-45(74)42(71)46(33(21-60)80-54)83-52-43(72)40(69)37(66)30(18-57)78-52/h2-17,30-34,37-50,52-55,57-63,66-74H,18-23H2,1H3/b15-10+,16-11+/t30-,31-,32-,33-,34-,37-,38-,39-,40+,41+,42-,43-,44-,45-,46-,47-,48+,49-,50-,52+,53+,54-,55-,56+/m1/s1. The minimum Gasteiger partial charge on any atom is -0.508 e. The van der Waals surface area contributed by atoms with Crippen LogP contribution in [-0.4, -0.2) is 293 Å². The Balaban J connectivity index is 1.24. The fraction of sp³-hybridized carbons (Fsp3) is 0.554. The van der Waals surface area contributed by atoms with Gasteiger partial charge in [0.25, 0.3) is 0 Å². The van der Waals surface area contributed by atoms with Crippen molar-refractivity contribution >= 4 is 30.1 Å². The first kappa shape index (κ1) is 68.0. The summed E-state index contributed by atoms with van der Waals surface area (Å²) in [5, 5.41) is 173. The fourth-order valence-corrected chi connectivity index (χ4v) is 10.2. The van der Waals surface area contributed by atoms with Crippen molar-refractivity contribution in [2.75, 3.05) is 46.8 Å². The van der Waals surface area contributed by atoms with Crippen LogP contribution in [0.2, 0.25) is 0 Å². The van der Waals surface area contributed by atoms with Crippen molar-refractivity contribution in [1.29, 1.82) is 0 Å². The molecule has 0 spiro atoms. The largest absolute Gasteiger partial charge is 0.508 e. The summed E-state index contributed by atoms with van der Waals surface area (Å²) < 4.78 is 77.0. The lowest BCUT2D eigenvalue weighted by atomic mass is 9.95. The first-order valence-corrected chi connectivity index (χ1v) is 27.4. The number of methoxy groups -OCH3 is 1. The summed E-state index contributed by atoms with van der Waals surface area (Å²) in [5.74, 6) is -6.98. The Hall–Kier alpha value is -5.97.